The van der Waals surface area contributed by atoms with E-state index in [1.54, 1.807) is 24.1 Å². The van der Waals surface area contributed by atoms with Crippen molar-refractivity contribution >= 4 is 5.91 Å². The third-order valence-corrected chi connectivity index (χ3v) is 3.93. The van der Waals surface area contributed by atoms with Crippen LogP contribution in [-0.4, -0.2) is 31.8 Å². The second kappa shape index (κ2) is 7.12. The average molecular weight is 323 g/mol. The highest BCUT2D eigenvalue weighted by atomic mass is 16.1. The van der Waals surface area contributed by atoms with Crippen LogP contribution in [0.3, 0.4) is 0 Å². The molecule has 0 radical (unpaired) electrons. The van der Waals surface area contributed by atoms with Gasteiger partial charge in [0.2, 0.25) is 0 Å². The summed E-state index contributed by atoms with van der Waals surface area (Å²) in [7, 11) is 1.79. The fourth-order valence-electron chi connectivity index (χ4n) is 2.66. The molecular weight excluding hydrogens is 302 g/mol. The smallest absolute Gasteiger partial charge is 0.254 e. The summed E-state index contributed by atoms with van der Waals surface area (Å²) in [4.78, 5) is 16.6. The highest BCUT2D eigenvalue weighted by molar-refractivity contribution is 5.93. The van der Waals surface area contributed by atoms with Crippen LogP contribution in [0, 0.1) is 6.92 Å². The summed E-state index contributed by atoms with van der Waals surface area (Å²) in [5.74, 6) is 0.903. The Bertz CT molecular complexity index is 819. The average Bonchev–Trinajstić information content (AvgIpc) is 3.16. The molecule has 3 aromatic rings. The molecule has 0 fully saturated rings. The van der Waals surface area contributed by atoms with E-state index < -0.39 is 0 Å². The molecule has 0 spiro atoms. The van der Waals surface area contributed by atoms with Crippen molar-refractivity contribution in [2.24, 2.45) is 7.05 Å². The summed E-state index contributed by atoms with van der Waals surface area (Å²) in [6.45, 7) is 3.27. The maximum atomic E-state index is 12.1. The van der Waals surface area contributed by atoms with Crippen LogP contribution in [0.15, 0.2) is 48.9 Å². The number of nitrogens with zero attached hydrogens (tertiary/aromatic N) is 4. The van der Waals surface area contributed by atoms with Gasteiger partial charge in [-0.25, -0.2) is 4.98 Å². The van der Waals surface area contributed by atoms with Crippen LogP contribution < -0.4 is 5.32 Å². The topological polar surface area (TPSA) is 64.7 Å². The summed E-state index contributed by atoms with van der Waals surface area (Å²) < 4.78 is 3.77. The maximum Gasteiger partial charge on any atom is 0.254 e. The summed E-state index contributed by atoms with van der Waals surface area (Å²) in [6.07, 6.45) is 5.93. The molecule has 0 aliphatic heterocycles. The minimum absolute atomic E-state index is 0.106. The molecule has 2 heterocycles. The summed E-state index contributed by atoms with van der Waals surface area (Å²) >= 11 is 0. The molecule has 1 aromatic carbocycles. The van der Waals surface area contributed by atoms with E-state index in [-0.39, 0.29) is 5.91 Å². The van der Waals surface area contributed by atoms with Gasteiger partial charge in [-0.3, -0.25) is 9.48 Å². The first kappa shape index (κ1) is 16.0. The lowest BCUT2D eigenvalue weighted by molar-refractivity contribution is 0.0952. The predicted octanol–water partition coefficient (Wildman–Crippen LogP) is 1.95. The van der Waals surface area contributed by atoms with Crippen LogP contribution in [-0.2, 0) is 20.0 Å². The zero-order valence-corrected chi connectivity index (χ0v) is 13.9. The maximum absolute atomic E-state index is 12.1. The van der Waals surface area contributed by atoms with E-state index in [4.69, 9.17) is 0 Å². The number of hydrogen-bond acceptors (Lipinski definition) is 3. The summed E-state index contributed by atoms with van der Waals surface area (Å²) in [5.41, 5.74) is 2.89. The van der Waals surface area contributed by atoms with Gasteiger partial charge in [-0.1, -0.05) is 30.3 Å². The van der Waals surface area contributed by atoms with Gasteiger partial charge in [0.15, 0.2) is 0 Å². The third-order valence-electron chi connectivity index (χ3n) is 3.93. The lowest BCUT2D eigenvalue weighted by Gasteiger charge is -2.11. The molecule has 1 amide bonds. The van der Waals surface area contributed by atoms with Crippen LogP contribution >= 0.6 is 0 Å². The van der Waals surface area contributed by atoms with E-state index in [1.165, 1.54) is 5.56 Å². The van der Waals surface area contributed by atoms with Crippen LogP contribution in [0.1, 0.15) is 27.4 Å². The molecule has 0 saturated carbocycles. The van der Waals surface area contributed by atoms with Crippen molar-refractivity contribution in [2.75, 3.05) is 6.54 Å². The molecule has 0 atom stereocenters. The Morgan fingerprint density at radius 2 is 2.00 bits per heavy atom. The van der Waals surface area contributed by atoms with Gasteiger partial charge in [0.05, 0.1) is 11.8 Å². The minimum Gasteiger partial charge on any atom is -0.350 e. The van der Waals surface area contributed by atoms with Gasteiger partial charge >= 0.3 is 0 Å². The number of carbonyl (C=O) groups is 1. The SMILES string of the molecule is Cc1cnc(Cc2ccccc2)n1CCNC(=O)c1cnn(C)c1. The molecule has 0 saturated heterocycles. The first-order valence-corrected chi connectivity index (χ1v) is 7.95. The monoisotopic (exact) mass is 323 g/mol. The number of rotatable bonds is 6. The van der Waals surface area contributed by atoms with E-state index in [9.17, 15) is 4.79 Å². The van der Waals surface area contributed by atoms with Crippen molar-refractivity contribution in [3.05, 3.63) is 71.6 Å². The van der Waals surface area contributed by atoms with Gasteiger partial charge in [0, 0.05) is 44.6 Å². The molecule has 6 heteroatoms. The largest absolute Gasteiger partial charge is 0.350 e. The van der Waals surface area contributed by atoms with E-state index >= 15 is 0 Å². The van der Waals surface area contributed by atoms with Gasteiger partial charge in [-0.05, 0) is 12.5 Å². The van der Waals surface area contributed by atoms with Crippen molar-refractivity contribution in [2.45, 2.75) is 19.9 Å². The minimum atomic E-state index is -0.106. The summed E-state index contributed by atoms with van der Waals surface area (Å²) in [6, 6.07) is 10.3. The quantitative estimate of drug-likeness (QED) is 0.754. The predicted molar refractivity (Wildman–Crippen MR) is 91.8 cm³/mol. The number of imidazole rings is 1. The first-order chi connectivity index (χ1) is 11.6. The van der Waals surface area contributed by atoms with Gasteiger partial charge in [-0.2, -0.15) is 5.10 Å². The summed E-state index contributed by atoms with van der Waals surface area (Å²) in [5, 5.41) is 6.94. The van der Waals surface area contributed by atoms with Crippen molar-refractivity contribution in [1.82, 2.24) is 24.6 Å². The number of amides is 1. The normalized spacial score (nSPS) is 10.8. The number of benzene rings is 1. The molecule has 0 aliphatic rings. The van der Waals surface area contributed by atoms with Gasteiger partial charge in [0.1, 0.15) is 5.82 Å². The molecule has 0 bridgehead atoms. The lowest BCUT2D eigenvalue weighted by Crippen LogP contribution is -2.27. The van der Waals surface area contributed by atoms with E-state index in [0.29, 0.717) is 18.7 Å². The Kier molecular flexibility index (Phi) is 4.74. The molecule has 0 aliphatic carbocycles. The Balaban J connectivity index is 1.61. The van der Waals surface area contributed by atoms with Gasteiger partial charge in [0.25, 0.3) is 5.91 Å². The highest BCUT2D eigenvalue weighted by Gasteiger charge is 2.10. The highest BCUT2D eigenvalue weighted by Crippen LogP contribution is 2.10. The number of carbonyl (C=O) groups excluding carboxylic acids is 1. The third kappa shape index (κ3) is 3.71. The van der Waals surface area contributed by atoms with Crippen LogP contribution in [0.2, 0.25) is 0 Å². The number of nitrogens with one attached hydrogen (secondary N) is 1. The molecule has 2 aromatic heterocycles. The van der Waals surface area contributed by atoms with Crippen molar-refractivity contribution in [3.63, 3.8) is 0 Å². The van der Waals surface area contributed by atoms with Gasteiger partial charge < -0.3 is 9.88 Å². The second-order valence-electron chi connectivity index (χ2n) is 5.79. The van der Waals surface area contributed by atoms with E-state index in [2.05, 4.69) is 32.1 Å². The van der Waals surface area contributed by atoms with Gasteiger partial charge in [-0.15, -0.1) is 0 Å². The molecule has 0 unspecified atom stereocenters. The van der Waals surface area contributed by atoms with Crippen LogP contribution in [0.5, 0.6) is 0 Å². The first-order valence-electron chi connectivity index (χ1n) is 7.95. The lowest BCUT2D eigenvalue weighted by atomic mass is 10.1. The van der Waals surface area contributed by atoms with Crippen molar-refractivity contribution in [3.8, 4) is 0 Å². The van der Waals surface area contributed by atoms with Crippen molar-refractivity contribution < 1.29 is 4.79 Å². The molecule has 24 heavy (non-hydrogen) atoms. The molecule has 3 rings (SSSR count). The fraction of sp³-hybridized carbons (Fsp3) is 0.278. The van der Waals surface area contributed by atoms with E-state index in [1.807, 2.05) is 31.3 Å². The number of aromatic nitrogens is 4. The zero-order valence-electron chi connectivity index (χ0n) is 13.9. The Morgan fingerprint density at radius 3 is 2.71 bits per heavy atom. The second-order valence-corrected chi connectivity index (χ2v) is 5.79. The Labute approximate surface area is 141 Å². The zero-order chi connectivity index (χ0) is 16.9. The molecule has 124 valence electrons. The molecule has 1 N–H and O–H groups in total. The van der Waals surface area contributed by atoms with Crippen molar-refractivity contribution in [1.29, 1.82) is 0 Å². The van der Waals surface area contributed by atoms with Crippen LogP contribution in [0.25, 0.3) is 0 Å². The number of aryl methyl sites for hydroxylation is 2. The molecule has 6 nitrogen and oxygen atoms in total. The van der Waals surface area contributed by atoms with Crippen LogP contribution in [0.4, 0.5) is 0 Å². The Hall–Kier alpha value is -2.89. The van der Waals surface area contributed by atoms with E-state index in [0.717, 1.165) is 17.9 Å². The number of hydrogen-bond donors (Lipinski definition) is 1. The fourth-order valence-corrected chi connectivity index (χ4v) is 2.66. The Morgan fingerprint density at radius 1 is 1.21 bits per heavy atom. The standard InChI is InChI=1S/C18H21N5O/c1-14-11-20-17(10-15-6-4-3-5-7-15)23(14)9-8-19-18(24)16-12-21-22(2)13-16/h3-7,11-13H,8-10H2,1-2H3,(H,19,24). The molecular formula is C18H21N5O.